The summed E-state index contributed by atoms with van der Waals surface area (Å²) in [5, 5.41) is 3.31. The van der Waals surface area contributed by atoms with Crippen LogP contribution < -0.4 is 5.32 Å². The minimum atomic E-state index is -0.105. The lowest BCUT2D eigenvalue weighted by molar-refractivity contribution is -0.149. The second kappa shape index (κ2) is 9.74. The second-order valence-corrected chi connectivity index (χ2v) is 5.39. The lowest BCUT2D eigenvalue weighted by Gasteiger charge is -2.33. The third-order valence-electron chi connectivity index (χ3n) is 3.88. The Bertz CT molecular complexity index is 532. The van der Waals surface area contributed by atoms with Crippen LogP contribution in [-0.2, 0) is 23.1 Å². The topological polar surface area (TPSA) is 71.8 Å². The van der Waals surface area contributed by atoms with Gasteiger partial charge in [-0.1, -0.05) is 0 Å². The molecule has 130 valence electrons. The van der Waals surface area contributed by atoms with Crippen LogP contribution in [0.3, 0.4) is 0 Å². The lowest BCUT2D eigenvalue weighted by Crippen LogP contribution is -2.48. The van der Waals surface area contributed by atoms with Crippen LogP contribution in [0.5, 0.6) is 0 Å². The maximum atomic E-state index is 11.9. The molecule has 0 radical (unpaired) electrons. The molecule has 0 spiro atoms. The Labute approximate surface area is 154 Å². The Hall–Kier alpha value is -1.32. The number of ether oxygens (including phenoxy) is 1. The standard InChI is InChI=1S/C15H25N5O2.HI/c1-4-22-14(21)12-6-5-8-20(11-12)15(16-2)18-10-13-17-7-9-19(13)3;/h7,9,12H,4-6,8,10-11H2,1-3H3,(H,16,18);1H/t12-;/m1./s1. The largest absolute Gasteiger partial charge is 0.466 e. The van der Waals surface area contributed by atoms with E-state index in [1.165, 1.54) is 0 Å². The van der Waals surface area contributed by atoms with Crippen LogP contribution in [-0.4, -0.2) is 53.1 Å². The van der Waals surface area contributed by atoms with Gasteiger partial charge in [-0.2, -0.15) is 0 Å². The van der Waals surface area contributed by atoms with Crippen molar-refractivity contribution in [1.29, 1.82) is 0 Å². The van der Waals surface area contributed by atoms with Gasteiger partial charge in [0.25, 0.3) is 0 Å². The first kappa shape index (κ1) is 19.7. The van der Waals surface area contributed by atoms with Crippen molar-refractivity contribution in [2.24, 2.45) is 18.0 Å². The van der Waals surface area contributed by atoms with Gasteiger partial charge in [0.15, 0.2) is 5.96 Å². The van der Waals surface area contributed by atoms with Gasteiger partial charge in [0.1, 0.15) is 5.82 Å². The fourth-order valence-corrected chi connectivity index (χ4v) is 2.68. The molecule has 2 heterocycles. The summed E-state index contributed by atoms with van der Waals surface area (Å²) in [4.78, 5) is 22.7. The number of aromatic nitrogens is 2. The summed E-state index contributed by atoms with van der Waals surface area (Å²) in [5.41, 5.74) is 0. The molecular weight excluding hydrogens is 409 g/mol. The van der Waals surface area contributed by atoms with Gasteiger partial charge in [-0.3, -0.25) is 9.79 Å². The van der Waals surface area contributed by atoms with Crippen LogP contribution >= 0.6 is 24.0 Å². The molecule has 0 unspecified atom stereocenters. The van der Waals surface area contributed by atoms with Gasteiger partial charge in [0.05, 0.1) is 19.1 Å². The Kier molecular flexibility index (Phi) is 8.35. The second-order valence-electron chi connectivity index (χ2n) is 5.39. The summed E-state index contributed by atoms with van der Waals surface area (Å²) in [5.74, 6) is 1.57. The Morgan fingerprint density at radius 1 is 1.57 bits per heavy atom. The van der Waals surface area contributed by atoms with E-state index in [4.69, 9.17) is 4.74 Å². The third-order valence-corrected chi connectivity index (χ3v) is 3.88. The zero-order valence-electron chi connectivity index (χ0n) is 14.0. The zero-order valence-corrected chi connectivity index (χ0v) is 16.3. The van der Waals surface area contributed by atoms with Crippen LogP contribution in [0.4, 0.5) is 0 Å². The molecule has 2 rings (SSSR count). The van der Waals surface area contributed by atoms with Crippen LogP contribution in [0.1, 0.15) is 25.6 Å². The molecule has 1 fully saturated rings. The fraction of sp³-hybridized carbons (Fsp3) is 0.667. The van der Waals surface area contributed by atoms with Crippen molar-refractivity contribution in [2.75, 3.05) is 26.7 Å². The maximum Gasteiger partial charge on any atom is 0.310 e. The number of carbonyl (C=O) groups excluding carboxylic acids is 1. The number of imidazole rings is 1. The molecule has 1 aromatic heterocycles. The number of aliphatic imine (C=N–C) groups is 1. The van der Waals surface area contributed by atoms with E-state index in [9.17, 15) is 4.79 Å². The minimum absolute atomic E-state index is 0. The van der Waals surface area contributed by atoms with Crippen molar-refractivity contribution >= 4 is 35.9 Å². The molecule has 1 aliphatic rings. The van der Waals surface area contributed by atoms with Gasteiger partial charge in [0.2, 0.25) is 0 Å². The van der Waals surface area contributed by atoms with Crippen molar-refractivity contribution < 1.29 is 9.53 Å². The van der Waals surface area contributed by atoms with E-state index in [0.717, 1.165) is 31.2 Å². The molecule has 1 saturated heterocycles. The van der Waals surface area contributed by atoms with E-state index in [2.05, 4.69) is 20.2 Å². The Balaban J connectivity index is 0.00000264. The fourth-order valence-electron chi connectivity index (χ4n) is 2.68. The number of aryl methyl sites for hydroxylation is 1. The molecule has 1 aromatic rings. The number of halogens is 1. The predicted octanol–water partition coefficient (Wildman–Crippen LogP) is 1.39. The number of rotatable bonds is 4. The third kappa shape index (κ3) is 5.36. The summed E-state index contributed by atoms with van der Waals surface area (Å²) >= 11 is 0. The lowest BCUT2D eigenvalue weighted by atomic mass is 9.98. The van der Waals surface area contributed by atoms with Crippen LogP contribution in [0, 0.1) is 5.92 Å². The summed E-state index contributed by atoms with van der Waals surface area (Å²) in [6.45, 7) is 4.43. The average Bonchev–Trinajstić information content (AvgIpc) is 2.94. The molecule has 8 heteroatoms. The molecule has 1 aliphatic heterocycles. The molecule has 23 heavy (non-hydrogen) atoms. The zero-order chi connectivity index (χ0) is 15.9. The van der Waals surface area contributed by atoms with Crippen LogP contribution in [0.2, 0.25) is 0 Å². The number of hydrogen-bond donors (Lipinski definition) is 1. The van der Waals surface area contributed by atoms with E-state index < -0.39 is 0 Å². The smallest absolute Gasteiger partial charge is 0.310 e. The van der Waals surface area contributed by atoms with E-state index in [1.54, 1.807) is 13.2 Å². The van der Waals surface area contributed by atoms with Gasteiger partial charge >= 0.3 is 5.97 Å². The number of nitrogens with one attached hydrogen (secondary N) is 1. The highest BCUT2D eigenvalue weighted by Gasteiger charge is 2.28. The quantitative estimate of drug-likeness (QED) is 0.335. The van der Waals surface area contributed by atoms with Crippen LogP contribution in [0.25, 0.3) is 0 Å². The normalized spacial score (nSPS) is 18.3. The maximum absolute atomic E-state index is 11.9. The predicted molar refractivity (Wildman–Crippen MR) is 99.8 cm³/mol. The minimum Gasteiger partial charge on any atom is -0.466 e. The number of hydrogen-bond acceptors (Lipinski definition) is 4. The number of likely N-dealkylation sites (tertiary alicyclic amines) is 1. The SMILES string of the molecule is CCOC(=O)[C@@H]1CCCN(C(=NC)NCc2nccn2C)C1.I. The van der Waals surface area contributed by atoms with Crippen molar-refractivity contribution in [3.8, 4) is 0 Å². The number of carbonyl (C=O) groups is 1. The van der Waals surface area contributed by atoms with Gasteiger partial charge in [-0.05, 0) is 19.8 Å². The molecule has 1 N–H and O–H groups in total. The first-order chi connectivity index (χ1) is 10.7. The molecule has 7 nitrogen and oxygen atoms in total. The monoisotopic (exact) mass is 435 g/mol. The summed E-state index contributed by atoms with van der Waals surface area (Å²) in [7, 11) is 3.72. The molecule has 0 bridgehead atoms. The number of piperidine rings is 1. The van der Waals surface area contributed by atoms with E-state index in [0.29, 0.717) is 19.7 Å². The first-order valence-corrected chi connectivity index (χ1v) is 7.74. The van der Waals surface area contributed by atoms with Gasteiger partial charge in [0, 0.05) is 39.6 Å². The Morgan fingerprint density at radius 3 is 2.96 bits per heavy atom. The van der Waals surface area contributed by atoms with Crippen LogP contribution in [0.15, 0.2) is 17.4 Å². The van der Waals surface area contributed by atoms with E-state index in [-0.39, 0.29) is 35.9 Å². The molecule has 0 aromatic carbocycles. The highest BCUT2D eigenvalue weighted by Crippen LogP contribution is 2.18. The van der Waals surface area contributed by atoms with Gasteiger partial charge in [-0.15, -0.1) is 24.0 Å². The molecular formula is C15H26IN5O2. The van der Waals surface area contributed by atoms with Gasteiger partial charge < -0.3 is 19.5 Å². The molecule has 0 amide bonds. The molecule has 0 saturated carbocycles. The summed E-state index contributed by atoms with van der Waals surface area (Å²) < 4.78 is 7.11. The van der Waals surface area contributed by atoms with Gasteiger partial charge in [-0.25, -0.2) is 4.98 Å². The van der Waals surface area contributed by atoms with Crippen molar-refractivity contribution in [3.05, 3.63) is 18.2 Å². The number of guanidine groups is 1. The van der Waals surface area contributed by atoms with Crippen molar-refractivity contribution in [1.82, 2.24) is 19.8 Å². The number of esters is 1. The first-order valence-electron chi connectivity index (χ1n) is 7.74. The summed E-state index contributed by atoms with van der Waals surface area (Å²) in [6, 6.07) is 0. The van der Waals surface area contributed by atoms with E-state index in [1.807, 2.05) is 24.7 Å². The average molecular weight is 435 g/mol. The highest BCUT2D eigenvalue weighted by molar-refractivity contribution is 14.0. The number of nitrogens with zero attached hydrogens (tertiary/aromatic N) is 4. The van der Waals surface area contributed by atoms with E-state index >= 15 is 0 Å². The highest BCUT2D eigenvalue weighted by atomic mass is 127. The van der Waals surface area contributed by atoms with Crippen molar-refractivity contribution in [3.63, 3.8) is 0 Å². The molecule has 0 aliphatic carbocycles. The molecule has 1 atom stereocenters. The van der Waals surface area contributed by atoms with Crippen molar-refractivity contribution in [2.45, 2.75) is 26.3 Å². The Morgan fingerprint density at radius 2 is 2.35 bits per heavy atom. The summed E-state index contributed by atoms with van der Waals surface area (Å²) in [6.07, 6.45) is 5.53.